The number of aliphatic hydroxyl groups is 1. The Balaban J connectivity index is 2.95. The molecule has 1 rings (SSSR count). The van der Waals surface area contributed by atoms with Gasteiger partial charge in [0.25, 0.3) is 0 Å². The average molecular weight is 347 g/mol. The first-order valence-electron chi connectivity index (χ1n) is 9.04. The first-order valence-corrected chi connectivity index (χ1v) is 9.04. The van der Waals surface area contributed by atoms with E-state index in [4.69, 9.17) is 0 Å². The zero-order valence-corrected chi connectivity index (χ0v) is 17.1. The van der Waals surface area contributed by atoms with E-state index in [1.807, 2.05) is 27.7 Å². The molecule has 0 aliphatic carbocycles. The molecular weight excluding hydrogens is 312 g/mol. The van der Waals surface area contributed by atoms with Crippen LogP contribution in [0, 0.1) is 5.41 Å². The van der Waals surface area contributed by atoms with Gasteiger partial charge in [-0.15, -0.1) is 0 Å². The Morgan fingerprint density at radius 3 is 1.84 bits per heavy atom. The van der Waals surface area contributed by atoms with Crippen LogP contribution in [-0.4, -0.2) is 22.3 Å². The lowest BCUT2D eigenvalue weighted by atomic mass is 9.74. The number of ketones is 2. The molecule has 3 nitrogen and oxygen atoms in total. The van der Waals surface area contributed by atoms with E-state index in [-0.39, 0.29) is 28.3 Å². The largest absolute Gasteiger partial charge is 0.382 e. The summed E-state index contributed by atoms with van der Waals surface area (Å²) < 4.78 is 0. The molecule has 0 aliphatic heterocycles. The molecule has 2 atom stereocenters. The fourth-order valence-electron chi connectivity index (χ4n) is 3.38. The van der Waals surface area contributed by atoms with Crippen LogP contribution < -0.4 is 0 Å². The third-order valence-corrected chi connectivity index (χ3v) is 5.58. The number of benzene rings is 1. The zero-order chi connectivity index (χ0) is 19.6. The van der Waals surface area contributed by atoms with Crippen LogP contribution in [0.15, 0.2) is 24.3 Å². The van der Waals surface area contributed by atoms with E-state index in [0.717, 1.165) is 12.0 Å². The fraction of sp³-hybridized carbons (Fsp3) is 0.636. The molecule has 0 heterocycles. The summed E-state index contributed by atoms with van der Waals surface area (Å²) in [5, 5.41) is 10.3. The van der Waals surface area contributed by atoms with Crippen molar-refractivity contribution < 1.29 is 14.7 Å². The molecule has 140 valence electrons. The standard InChI is InChI=1S/C22H34O3/c1-15(13-20(4,5)16(2)23)18-9-11-19(12-10-18)21(6,7)14-22(8,25)17(3)24/h9-12,15,25H,13-14H2,1-8H3. The van der Waals surface area contributed by atoms with E-state index in [2.05, 4.69) is 31.2 Å². The number of hydrogen-bond donors (Lipinski definition) is 1. The Labute approximate surface area is 152 Å². The lowest BCUT2D eigenvalue weighted by Gasteiger charge is -2.33. The van der Waals surface area contributed by atoms with Crippen LogP contribution in [0.25, 0.3) is 0 Å². The second kappa shape index (κ2) is 7.41. The number of carbonyl (C=O) groups is 2. The van der Waals surface area contributed by atoms with Gasteiger partial charge < -0.3 is 5.11 Å². The first-order chi connectivity index (χ1) is 11.2. The van der Waals surface area contributed by atoms with E-state index >= 15 is 0 Å². The molecule has 0 spiro atoms. The maximum atomic E-state index is 11.8. The van der Waals surface area contributed by atoms with Crippen molar-refractivity contribution >= 4 is 11.6 Å². The zero-order valence-electron chi connectivity index (χ0n) is 17.1. The van der Waals surface area contributed by atoms with Crippen molar-refractivity contribution in [1.82, 2.24) is 0 Å². The van der Waals surface area contributed by atoms with Crippen LogP contribution in [0.1, 0.15) is 85.3 Å². The van der Waals surface area contributed by atoms with Crippen LogP contribution >= 0.6 is 0 Å². The molecule has 0 bridgehead atoms. The van der Waals surface area contributed by atoms with Crippen molar-refractivity contribution in [3.8, 4) is 0 Å². The fourth-order valence-corrected chi connectivity index (χ4v) is 3.38. The van der Waals surface area contributed by atoms with Crippen molar-refractivity contribution in [2.24, 2.45) is 5.41 Å². The molecule has 3 heteroatoms. The minimum absolute atomic E-state index is 0.211. The summed E-state index contributed by atoms with van der Waals surface area (Å²) >= 11 is 0. The van der Waals surface area contributed by atoms with Gasteiger partial charge in [-0.25, -0.2) is 0 Å². The SMILES string of the molecule is CC(=O)C(C)(C)CC(C)c1ccc(C(C)(C)CC(C)(O)C(C)=O)cc1. The van der Waals surface area contributed by atoms with Crippen molar-refractivity contribution in [3.05, 3.63) is 35.4 Å². The van der Waals surface area contributed by atoms with E-state index in [1.165, 1.54) is 12.5 Å². The van der Waals surface area contributed by atoms with E-state index in [0.29, 0.717) is 6.42 Å². The second-order valence-corrected chi connectivity index (χ2v) is 9.06. The normalized spacial score (nSPS) is 16.2. The van der Waals surface area contributed by atoms with Crippen LogP contribution in [0.5, 0.6) is 0 Å². The minimum atomic E-state index is -1.32. The van der Waals surface area contributed by atoms with Crippen LogP contribution in [0.4, 0.5) is 0 Å². The molecule has 25 heavy (non-hydrogen) atoms. The Bertz CT molecular complexity index is 621. The smallest absolute Gasteiger partial charge is 0.161 e. The topological polar surface area (TPSA) is 54.4 Å². The molecule has 1 aromatic carbocycles. The second-order valence-electron chi connectivity index (χ2n) is 9.06. The van der Waals surface area contributed by atoms with E-state index in [9.17, 15) is 14.7 Å². The summed E-state index contributed by atoms with van der Waals surface area (Å²) in [5.41, 5.74) is 0.344. The van der Waals surface area contributed by atoms with Crippen molar-refractivity contribution in [3.63, 3.8) is 0 Å². The Morgan fingerprint density at radius 1 is 0.960 bits per heavy atom. The molecule has 0 radical (unpaired) electrons. The lowest BCUT2D eigenvalue weighted by molar-refractivity contribution is -0.135. The van der Waals surface area contributed by atoms with Crippen molar-refractivity contribution in [1.29, 1.82) is 0 Å². The minimum Gasteiger partial charge on any atom is -0.382 e. The third-order valence-electron chi connectivity index (χ3n) is 5.58. The summed E-state index contributed by atoms with van der Waals surface area (Å²) in [6.07, 6.45) is 1.19. The maximum Gasteiger partial charge on any atom is 0.161 e. The Morgan fingerprint density at radius 2 is 1.44 bits per heavy atom. The lowest BCUT2D eigenvalue weighted by Crippen LogP contribution is -2.39. The summed E-state index contributed by atoms with van der Waals surface area (Å²) in [4.78, 5) is 23.4. The number of hydrogen-bond acceptors (Lipinski definition) is 3. The summed E-state index contributed by atoms with van der Waals surface area (Å²) in [6, 6.07) is 8.34. The summed E-state index contributed by atoms with van der Waals surface area (Å²) in [5.74, 6) is 0.289. The molecular formula is C22H34O3. The molecule has 1 N–H and O–H groups in total. The monoisotopic (exact) mass is 346 g/mol. The number of rotatable bonds is 8. The molecule has 0 aromatic heterocycles. The van der Waals surface area contributed by atoms with Gasteiger partial charge in [-0.3, -0.25) is 9.59 Å². The Kier molecular flexibility index (Phi) is 6.39. The molecule has 2 unspecified atom stereocenters. The molecule has 0 saturated heterocycles. The molecule has 1 aromatic rings. The van der Waals surface area contributed by atoms with Gasteiger partial charge in [0.15, 0.2) is 5.78 Å². The molecule has 0 aliphatic rings. The highest BCUT2D eigenvalue weighted by Gasteiger charge is 2.35. The predicted octanol–water partition coefficient (Wildman–Crippen LogP) is 4.80. The highest BCUT2D eigenvalue weighted by Crippen LogP contribution is 2.35. The summed E-state index contributed by atoms with van der Waals surface area (Å²) in [6.45, 7) is 14.9. The van der Waals surface area contributed by atoms with E-state index in [1.54, 1.807) is 13.8 Å². The highest BCUT2D eigenvalue weighted by molar-refractivity contribution is 5.84. The van der Waals surface area contributed by atoms with Crippen molar-refractivity contribution in [2.75, 3.05) is 0 Å². The van der Waals surface area contributed by atoms with Crippen molar-refractivity contribution in [2.45, 2.75) is 85.2 Å². The van der Waals surface area contributed by atoms with Gasteiger partial charge >= 0.3 is 0 Å². The van der Waals surface area contributed by atoms with Crippen LogP contribution in [-0.2, 0) is 15.0 Å². The van der Waals surface area contributed by atoms with Gasteiger partial charge in [-0.2, -0.15) is 0 Å². The molecule has 0 saturated carbocycles. The van der Waals surface area contributed by atoms with Gasteiger partial charge in [-0.1, -0.05) is 58.9 Å². The van der Waals surface area contributed by atoms with Gasteiger partial charge in [0.2, 0.25) is 0 Å². The Hall–Kier alpha value is -1.48. The van der Waals surface area contributed by atoms with Gasteiger partial charge in [0, 0.05) is 5.41 Å². The maximum absolute atomic E-state index is 11.8. The molecule has 0 fully saturated rings. The third kappa shape index (κ3) is 5.50. The van der Waals surface area contributed by atoms with Gasteiger partial charge in [-0.05, 0) is 56.1 Å². The van der Waals surface area contributed by atoms with Gasteiger partial charge in [0.05, 0.1) is 0 Å². The predicted molar refractivity (Wildman–Crippen MR) is 103 cm³/mol. The van der Waals surface area contributed by atoms with Crippen LogP contribution in [0.2, 0.25) is 0 Å². The quantitative estimate of drug-likeness (QED) is 0.735. The highest BCUT2D eigenvalue weighted by atomic mass is 16.3. The van der Waals surface area contributed by atoms with Crippen LogP contribution in [0.3, 0.4) is 0 Å². The number of Topliss-reactive ketones (excluding diaryl/α,β-unsaturated/α-hetero) is 2. The summed E-state index contributed by atoms with van der Waals surface area (Å²) in [7, 11) is 0. The first kappa shape index (κ1) is 21.6. The molecule has 0 amide bonds. The average Bonchev–Trinajstić information content (AvgIpc) is 2.45. The number of carbonyl (C=O) groups excluding carboxylic acids is 2. The van der Waals surface area contributed by atoms with Gasteiger partial charge in [0.1, 0.15) is 11.4 Å². The van der Waals surface area contributed by atoms with E-state index < -0.39 is 5.60 Å².